The Kier molecular flexibility index (Phi) is 3.33. The Morgan fingerprint density at radius 2 is 2.00 bits per heavy atom. The first-order chi connectivity index (χ1) is 6.11. The molecule has 1 aromatic carbocycles. The number of hydrogen-bond donors (Lipinski definition) is 1. The first kappa shape index (κ1) is 10.1. The number of rotatable bonds is 3. The summed E-state index contributed by atoms with van der Waals surface area (Å²) in [5.74, 6) is -1.59. The number of nitrogens with zero attached hydrogens (tertiary/aromatic N) is 1. The molecule has 0 aliphatic rings. The Balaban J connectivity index is 2.71. The van der Waals surface area contributed by atoms with E-state index in [1.165, 1.54) is 6.07 Å². The lowest BCUT2D eigenvalue weighted by atomic mass is 10.2. The second kappa shape index (κ2) is 4.30. The van der Waals surface area contributed by atoms with Crippen LogP contribution < -0.4 is 5.43 Å². The van der Waals surface area contributed by atoms with Gasteiger partial charge in [-0.2, -0.15) is 0 Å². The highest BCUT2D eigenvalue weighted by Crippen LogP contribution is 2.10. The van der Waals surface area contributed by atoms with Gasteiger partial charge in [0.05, 0.1) is 0 Å². The Morgan fingerprint density at radius 1 is 1.31 bits per heavy atom. The highest BCUT2D eigenvalue weighted by molar-refractivity contribution is 5.18. The van der Waals surface area contributed by atoms with Gasteiger partial charge in [-0.15, -0.1) is 0 Å². The van der Waals surface area contributed by atoms with E-state index in [2.05, 4.69) is 5.43 Å². The highest BCUT2D eigenvalue weighted by Gasteiger charge is 2.06. The van der Waals surface area contributed by atoms with Crippen molar-refractivity contribution in [2.24, 2.45) is 0 Å². The Bertz CT molecular complexity index is 287. The van der Waals surface area contributed by atoms with Gasteiger partial charge in [0, 0.05) is 26.2 Å². The Morgan fingerprint density at radius 3 is 2.62 bits per heavy atom. The summed E-state index contributed by atoms with van der Waals surface area (Å²) in [6, 6.07) is 4.15. The molecule has 0 saturated carbocycles. The van der Waals surface area contributed by atoms with E-state index in [0.29, 0.717) is 5.56 Å². The van der Waals surface area contributed by atoms with Crippen LogP contribution in [0.25, 0.3) is 0 Å². The zero-order valence-electron chi connectivity index (χ0n) is 7.64. The molecular formula is C9H12F2N2. The number of hydrazine groups is 1. The predicted octanol–water partition coefficient (Wildman–Crippen LogP) is 1.53. The fourth-order valence-electron chi connectivity index (χ4n) is 0.928. The molecule has 0 spiro atoms. The highest BCUT2D eigenvalue weighted by atomic mass is 19.2. The SMILES string of the molecule is CN(C)NCc1cccc(F)c1F. The number of halogens is 2. The van der Waals surface area contributed by atoms with Crippen LogP contribution in [-0.4, -0.2) is 19.1 Å². The lowest BCUT2D eigenvalue weighted by Gasteiger charge is -2.12. The van der Waals surface area contributed by atoms with Gasteiger partial charge >= 0.3 is 0 Å². The van der Waals surface area contributed by atoms with Crippen LogP contribution >= 0.6 is 0 Å². The molecule has 0 heterocycles. The molecular weight excluding hydrogens is 174 g/mol. The standard InChI is InChI=1S/C9H12F2N2/c1-13(2)12-6-7-4-3-5-8(10)9(7)11/h3-5,12H,6H2,1-2H3. The molecule has 0 atom stereocenters. The third-order valence-electron chi connectivity index (χ3n) is 1.62. The molecule has 13 heavy (non-hydrogen) atoms. The monoisotopic (exact) mass is 186 g/mol. The largest absolute Gasteiger partial charge is 0.251 e. The molecule has 0 aliphatic heterocycles. The van der Waals surface area contributed by atoms with E-state index in [1.807, 2.05) is 0 Å². The summed E-state index contributed by atoms with van der Waals surface area (Å²) in [7, 11) is 3.58. The smallest absolute Gasteiger partial charge is 0.163 e. The number of benzene rings is 1. The van der Waals surface area contributed by atoms with E-state index in [1.54, 1.807) is 25.2 Å². The molecule has 0 bridgehead atoms. The minimum atomic E-state index is -0.807. The molecule has 0 aliphatic carbocycles. The quantitative estimate of drug-likeness (QED) is 0.720. The van der Waals surface area contributed by atoms with Crippen molar-refractivity contribution in [2.45, 2.75) is 6.54 Å². The van der Waals surface area contributed by atoms with Crippen LogP contribution in [0.1, 0.15) is 5.56 Å². The molecule has 2 nitrogen and oxygen atoms in total. The van der Waals surface area contributed by atoms with Crippen LogP contribution in [0.5, 0.6) is 0 Å². The minimum Gasteiger partial charge on any atom is -0.251 e. The normalized spacial score (nSPS) is 10.8. The van der Waals surface area contributed by atoms with Gasteiger partial charge in [0.15, 0.2) is 11.6 Å². The first-order valence-electron chi connectivity index (χ1n) is 3.95. The summed E-state index contributed by atoms with van der Waals surface area (Å²) in [6.07, 6.45) is 0. The number of nitrogens with one attached hydrogen (secondary N) is 1. The molecule has 72 valence electrons. The van der Waals surface area contributed by atoms with Gasteiger partial charge in [0.1, 0.15) is 0 Å². The molecule has 0 saturated heterocycles. The van der Waals surface area contributed by atoms with Gasteiger partial charge in [0.25, 0.3) is 0 Å². The van der Waals surface area contributed by atoms with Crippen LogP contribution in [0.2, 0.25) is 0 Å². The van der Waals surface area contributed by atoms with Gasteiger partial charge in [0.2, 0.25) is 0 Å². The van der Waals surface area contributed by atoms with Gasteiger partial charge in [-0.25, -0.2) is 8.78 Å². The van der Waals surface area contributed by atoms with E-state index in [0.717, 1.165) is 6.07 Å². The fraction of sp³-hybridized carbons (Fsp3) is 0.333. The molecule has 1 rings (SSSR count). The summed E-state index contributed by atoms with van der Waals surface area (Å²) in [4.78, 5) is 0. The van der Waals surface area contributed by atoms with Crippen LogP contribution in [0.4, 0.5) is 8.78 Å². The summed E-state index contributed by atoms with van der Waals surface area (Å²) in [5, 5.41) is 1.68. The van der Waals surface area contributed by atoms with Crippen molar-refractivity contribution in [1.29, 1.82) is 0 Å². The Labute approximate surface area is 76.1 Å². The first-order valence-corrected chi connectivity index (χ1v) is 3.95. The topological polar surface area (TPSA) is 15.3 Å². The minimum absolute atomic E-state index is 0.288. The van der Waals surface area contributed by atoms with Crippen LogP contribution in [0.15, 0.2) is 18.2 Å². The average molecular weight is 186 g/mol. The van der Waals surface area contributed by atoms with Crippen molar-refractivity contribution in [3.8, 4) is 0 Å². The van der Waals surface area contributed by atoms with Crippen molar-refractivity contribution in [1.82, 2.24) is 10.4 Å². The zero-order valence-corrected chi connectivity index (χ0v) is 7.64. The van der Waals surface area contributed by atoms with E-state index in [4.69, 9.17) is 0 Å². The molecule has 0 radical (unpaired) electrons. The molecule has 1 N–H and O–H groups in total. The average Bonchev–Trinajstić information content (AvgIpc) is 2.07. The van der Waals surface area contributed by atoms with E-state index in [9.17, 15) is 8.78 Å². The fourth-order valence-corrected chi connectivity index (χ4v) is 0.928. The maximum atomic E-state index is 13.0. The van der Waals surface area contributed by atoms with E-state index >= 15 is 0 Å². The van der Waals surface area contributed by atoms with Crippen LogP contribution in [0, 0.1) is 11.6 Å². The lowest BCUT2D eigenvalue weighted by Crippen LogP contribution is -2.30. The van der Waals surface area contributed by atoms with Crippen molar-refractivity contribution in [2.75, 3.05) is 14.1 Å². The predicted molar refractivity (Wildman–Crippen MR) is 46.9 cm³/mol. The summed E-state index contributed by atoms with van der Waals surface area (Å²) in [5.41, 5.74) is 3.18. The molecule has 0 unspecified atom stereocenters. The van der Waals surface area contributed by atoms with Gasteiger partial charge in [-0.3, -0.25) is 10.4 Å². The van der Waals surface area contributed by atoms with Gasteiger partial charge in [-0.05, 0) is 6.07 Å². The second-order valence-corrected chi connectivity index (χ2v) is 2.94. The molecule has 1 aromatic rings. The third kappa shape index (κ3) is 2.75. The molecule has 0 amide bonds. The maximum Gasteiger partial charge on any atom is 0.163 e. The van der Waals surface area contributed by atoms with Gasteiger partial charge < -0.3 is 0 Å². The van der Waals surface area contributed by atoms with Crippen LogP contribution in [-0.2, 0) is 6.54 Å². The molecule has 4 heteroatoms. The summed E-state index contributed by atoms with van der Waals surface area (Å²) >= 11 is 0. The third-order valence-corrected chi connectivity index (χ3v) is 1.62. The van der Waals surface area contributed by atoms with Crippen molar-refractivity contribution < 1.29 is 8.78 Å². The summed E-state index contributed by atoms with van der Waals surface area (Å²) in [6.45, 7) is 0.288. The van der Waals surface area contributed by atoms with Crippen LogP contribution in [0.3, 0.4) is 0 Å². The van der Waals surface area contributed by atoms with Crippen molar-refractivity contribution >= 4 is 0 Å². The van der Waals surface area contributed by atoms with Gasteiger partial charge in [-0.1, -0.05) is 12.1 Å². The van der Waals surface area contributed by atoms with E-state index < -0.39 is 11.6 Å². The summed E-state index contributed by atoms with van der Waals surface area (Å²) < 4.78 is 25.7. The molecule has 0 fully saturated rings. The molecule has 0 aromatic heterocycles. The Hall–Kier alpha value is -1.00. The number of hydrogen-bond acceptors (Lipinski definition) is 2. The lowest BCUT2D eigenvalue weighted by molar-refractivity contribution is 0.283. The second-order valence-electron chi connectivity index (χ2n) is 2.94. The van der Waals surface area contributed by atoms with E-state index in [-0.39, 0.29) is 6.54 Å². The van der Waals surface area contributed by atoms with Crippen molar-refractivity contribution in [3.05, 3.63) is 35.4 Å². The maximum absolute atomic E-state index is 13.0. The zero-order chi connectivity index (χ0) is 9.84. The van der Waals surface area contributed by atoms with Crippen molar-refractivity contribution in [3.63, 3.8) is 0 Å².